The Hall–Kier alpha value is -1.99. The molecule has 3 heterocycles. The summed E-state index contributed by atoms with van der Waals surface area (Å²) >= 11 is 0. The van der Waals surface area contributed by atoms with Crippen LogP contribution in [0.1, 0.15) is 316 Å². The van der Waals surface area contributed by atoms with Gasteiger partial charge in [-0.2, -0.15) is 0 Å². The number of allylic oxidation sites excluding steroid dienone is 5. The molecule has 17 atom stereocenters. The number of hydrogen-bond donors (Lipinski definition) is 12. The largest absolute Gasteiger partial charge is 0.394 e. The maximum absolute atomic E-state index is 13.4. The Bertz CT molecular complexity index is 1880. The smallest absolute Gasteiger partial charge is 0.220 e. The molecule has 0 aromatic rings. The first kappa shape index (κ1) is 88.2. The van der Waals surface area contributed by atoms with Gasteiger partial charge in [0.1, 0.15) is 73.2 Å². The van der Waals surface area contributed by atoms with E-state index in [0.29, 0.717) is 12.8 Å². The van der Waals surface area contributed by atoms with Crippen LogP contribution in [0.15, 0.2) is 36.5 Å². The molecule has 12 N–H and O–H groups in total. The number of rotatable bonds is 62. The highest BCUT2D eigenvalue weighted by molar-refractivity contribution is 5.76. The molecule has 0 spiro atoms. The first-order valence-corrected chi connectivity index (χ1v) is 39.2. The summed E-state index contributed by atoms with van der Waals surface area (Å²) in [6.07, 6.45) is 44.3. The maximum atomic E-state index is 13.4. The van der Waals surface area contributed by atoms with E-state index in [9.17, 15) is 61.0 Å². The second-order valence-electron chi connectivity index (χ2n) is 28.2. The van der Waals surface area contributed by atoms with Gasteiger partial charge in [0.25, 0.3) is 0 Å². The van der Waals surface area contributed by atoms with E-state index >= 15 is 0 Å². The molecule has 3 saturated heterocycles. The molecular weight excluding hydrogens is 1230 g/mol. The van der Waals surface area contributed by atoms with Crippen LogP contribution in [0.5, 0.6) is 0 Å². The van der Waals surface area contributed by atoms with Crippen molar-refractivity contribution in [3.8, 4) is 0 Å². The monoisotopic (exact) mass is 1370 g/mol. The molecule has 17 unspecified atom stereocenters. The molecule has 19 nitrogen and oxygen atoms in total. The number of amides is 1. The van der Waals surface area contributed by atoms with E-state index in [2.05, 4.69) is 43.5 Å². The van der Waals surface area contributed by atoms with Crippen LogP contribution in [0, 0.1) is 0 Å². The number of aliphatic hydroxyl groups is 11. The van der Waals surface area contributed by atoms with Crippen LogP contribution in [-0.2, 0) is 33.2 Å². The summed E-state index contributed by atoms with van der Waals surface area (Å²) in [6, 6.07) is -0.989. The third-order valence-corrected chi connectivity index (χ3v) is 19.7. The maximum Gasteiger partial charge on any atom is 0.220 e. The molecule has 3 aliphatic heterocycles. The molecule has 0 aromatic carbocycles. The van der Waals surface area contributed by atoms with Crippen LogP contribution < -0.4 is 5.32 Å². The average Bonchev–Trinajstić information content (AvgIpc) is 0.787. The SMILES string of the molecule is CCCCCCCCCC/C=C\CCCCCCCCCCCCCCCCCCCCCCCC(=O)NC(COC1OC(CO)C(OC2OC(CO)C(OC3OC(CO)C(O)C(O)C3O)C(O)C2O)C(O)C1O)C(O)/C=C/CC/C=C/CCCCCCCCCCCCCC. The van der Waals surface area contributed by atoms with Gasteiger partial charge in [0.15, 0.2) is 18.9 Å². The third kappa shape index (κ3) is 38.9. The summed E-state index contributed by atoms with van der Waals surface area (Å²) < 4.78 is 34.4. The fraction of sp³-hybridized carbons (Fsp3) is 0.909. The Morgan fingerprint density at radius 1 is 0.365 bits per heavy atom. The van der Waals surface area contributed by atoms with Gasteiger partial charge in [0, 0.05) is 6.42 Å². The molecule has 0 radical (unpaired) electrons. The van der Waals surface area contributed by atoms with Crippen molar-refractivity contribution in [3.63, 3.8) is 0 Å². The summed E-state index contributed by atoms with van der Waals surface area (Å²) in [5.41, 5.74) is 0. The van der Waals surface area contributed by atoms with Crippen molar-refractivity contribution in [2.75, 3.05) is 26.4 Å². The number of carbonyl (C=O) groups is 1. The van der Waals surface area contributed by atoms with E-state index in [0.717, 1.165) is 38.5 Å². The Balaban J connectivity index is 1.36. The van der Waals surface area contributed by atoms with Gasteiger partial charge in [-0.3, -0.25) is 4.79 Å². The number of ether oxygens (including phenoxy) is 6. The van der Waals surface area contributed by atoms with Crippen LogP contribution in [-0.4, -0.2) is 193 Å². The van der Waals surface area contributed by atoms with E-state index in [1.54, 1.807) is 6.08 Å². The van der Waals surface area contributed by atoms with E-state index in [1.807, 2.05) is 6.08 Å². The molecule has 0 bridgehead atoms. The van der Waals surface area contributed by atoms with E-state index in [1.165, 1.54) is 244 Å². The zero-order chi connectivity index (χ0) is 69.6. The Morgan fingerprint density at radius 3 is 1.04 bits per heavy atom. The standard InChI is InChI=1S/C77H143NO18/c1-3-5-7-9-11-13-15-17-19-21-23-24-25-26-27-28-29-30-31-32-33-34-35-36-37-39-41-43-45-47-49-51-53-55-65(83)78-60(61(82)54-52-50-48-46-44-42-40-38-22-20-18-16-14-12-10-8-6-4-2)59-91-75-71(89)68(86)73(63(57-80)93-75)96-77-72(90)69(87)74(64(58-81)94-77)95-76-70(88)67(85)66(84)62(56-79)92-76/h21,23,44,46,52,54,60-64,66-77,79-82,84-90H,3-20,22,24-43,45,47-51,53,55-59H2,1-2H3,(H,78,83)/b23-21-,46-44+,54-52+. The number of hydrogen-bond acceptors (Lipinski definition) is 18. The Labute approximate surface area is 581 Å². The molecule has 96 heavy (non-hydrogen) atoms. The zero-order valence-corrected chi connectivity index (χ0v) is 60.1. The highest BCUT2D eigenvalue weighted by Gasteiger charge is 2.53. The predicted molar refractivity (Wildman–Crippen MR) is 379 cm³/mol. The molecule has 564 valence electrons. The van der Waals surface area contributed by atoms with Crippen molar-refractivity contribution in [1.29, 1.82) is 0 Å². The minimum absolute atomic E-state index is 0.239. The van der Waals surface area contributed by atoms with Crippen LogP contribution in [0.2, 0.25) is 0 Å². The van der Waals surface area contributed by atoms with Gasteiger partial charge < -0.3 is 89.9 Å². The molecule has 1 amide bonds. The van der Waals surface area contributed by atoms with E-state index < -0.39 is 124 Å². The van der Waals surface area contributed by atoms with Crippen molar-refractivity contribution in [2.45, 2.75) is 420 Å². The van der Waals surface area contributed by atoms with Gasteiger partial charge in [0.05, 0.1) is 38.6 Å². The van der Waals surface area contributed by atoms with Crippen molar-refractivity contribution in [2.24, 2.45) is 0 Å². The molecule has 0 aliphatic carbocycles. The molecule has 3 fully saturated rings. The first-order chi connectivity index (χ1) is 46.8. The zero-order valence-electron chi connectivity index (χ0n) is 60.1. The lowest BCUT2D eigenvalue weighted by molar-refractivity contribution is -0.379. The summed E-state index contributed by atoms with van der Waals surface area (Å²) in [7, 11) is 0. The second kappa shape index (κ2) is 58.5. The van der Waals surface area contributed by atoms with Gasteiger partial charge in [-0.15, -0.1) is 0 Å². The topological polar surface area (TPSA) is 307 Å². The van der Waals surface area contributed by atoms with Crippen LogP contribution in [0.4, 0.5) is 0 Å². The van der Waals surface area contributed by atoms with Crippen LogP contribution >= 0.6 is 0 Å². The fourth-order valence-electron chi connectivity index (χ4n) is 13.3. The minimum Gasteiger partial charge on any atom is -0.394 e. The normalized spacial score (nSPS) is 27.2. The summed E-state index contributed by atoms with van der Waals surface area (Å²) in [6.45, 7) is 1.75. The van der Waals surface area contributed by atoms with E-state index in [-0.39, 0.29) is 18.9 Å². The summed E-state index contributed by atoms with van der Waals surface area (Å²) in [4.78, 5) is 13.4. The lowest BCUT2D eigenvalue weighted by Gasteiger charge is -2.48. The van der Waals surface area contributed by atoms with Crippen LogP contribution in [0.25, 0.3) is 0 Å². The highest BCUT2D eigenvalue weighted by atomic mass is 16.8. The number of unbranched alkanes of at least 4 members (excludes halogenated alkanes) is 42. The van der Waals surface area contributed by atoms with E-state index in [4.69, 9.17) is 28.4 Å². The molecular formula is C77H143NO18. The van der Waals surface area contributed by atoms with Gasteiger partial charge in [-0.25, -0.2) is 0 Å². The Kier molecular flexibility index (Phi) is 53.8. The molecule has 0 saturated carbocycles. The van der Waals surface area contributed by atoms with Crippen molar-refractivity contribution < 1.29 is 89.4 Å². The average molecular weight is 1370 g/mol. The number of aliphatic hydroxyl groups excluding tert-OH is 11. The van der Waals surface area contributed by atoms with Gasteiger partial charge in [0.2, 0.25) is 5.91 Å². The number of carbonyl (C=O) groups excluding carboxylic acids is 1. The van der Waals surface area contributed by atoms with Gasteiger partial charge >= 0.3 is 0 Å². The minimum atomic E-state index is -1.98. The molecule has 0 aromatic heterocycles. The Morgan fingerprint density at radius 2 is 0.667 bits per heavy atom. The van der Waals surface area contributed by atoms with Crippen molar-refractivity contribution in [1.82, 2.24) is 5.32 Å². The van der Waals surface area contributed by atoms with Crippen molar-refractivity contribution >= 4 is 5.91 Å². The van der Waals surface area contributed by atoms with Gasteiger partial charge in [-0.1, -0.05) is 288 Å². The van der Waals surface area contributed by atoms with Gasteiger partial charge in [-0.05, 0) is 57.8 Å². The third-order valence-electron chi connectivity index (χ3n) is 19.7. The van der Waals surface area contributed by atoms with Crippen LogP contribution in [0.3, 0.4) is 0 Å². The lowest BCUT2D eigenvalue weighted by atomic mass is 9.96. The lowest BCUT2D eigenvalue weighted by Crippen LogP contribution is -2.66. The first-order valence-electron chi connectivity index (χ1n) is 39.2. The quantitative estimate of drug-likeness (QED) is 0.0199. The predicted octanol–water partition coefficient (Wildman–Crippen LogP) is 12.3. The van der Waals surface area contributed by atoms with Crippen molar-refractivity contribution in [3.05, 3.63) is 36.5 Å². The summed E-state index contributed by atoms with van der Waals surface area (Å²) in [5.74, 6) is -0.280. The second-order valence-corrected chi connectivity index (χ2v) is 28.2. The number of nitrogens with one attached hydrogen (secondary N) is 1. The highest BCUT2D eigenvalue weighted by Crippen LogP contribution is 2.33. The summed E-state index contributed by atoms with van der Waals surface area (Å²) in [5, 5.41) is 121. The molecule has 3 rings (SSSR count). The molecule has 3 aliphatic rings. The molecule has 19 heteroatoms. The fourth-order valence-corrected chi connectivity index (χ4v) is 13.3.